The van der Waals surface area contributed by atoms with Crippen LogP contribution < -0.4 is 0 Å². The van der Waals surface area contributed by atoms with E-state index in [-0.39, 0.29) is 29.0 Å². The topological polar surface area (TPSA) is 57.5 Å². The maximum absolute atomic E-state index is 14.6. The largest absolute Gasteiger partial charge is 0.507 e. The maximum Gasteiger partial charge on any atom is 0.174 e. The van der Waals surface area contributed by atoms with Gasteiger partial charge in [-0.3, -0.25) is 4.79 Å². The summed E-state index contributed by atoms with van der Waals surface area (Å²) in [5.41, 5.74) is 1.93. The number of hydrogen-bond acceptors (Lipinski definition) is 3. The third-order valence-electron chi connectivity index (χ3n) is 5.62. The van der Waals surface area contributed by atoms with Gasteiger partial charge in [-0.2, -0.15) is 0 Å². The summed E-state index contributed by atoms with van der Waals surface area (Å²) in [6.07, 6.45) is 6.26. The number of phenols is 2. The number of Topliss-reactive ketones (excluding diaryl/α,β-unsaturated/α-hetero) is 1. The van der Waals surface area contributed by atoms with Crippen molar-refractivity contribution in [3.8, 4) is 11.5 Å². The van der Waals surface area contributed by atoms with E-state index in [4.69, 9.17) is 0 Å². The van der Waals surface area contributed by atoms with E-state index in [9.17, 15) is 23.8 Å². The van der Waals surface area contributed by atoms with Crippen molar-refractivity contribution in [3.05, 3.63) is 82.5 Å². The van der Waals surface area contributed by atoms with Crippen LogP contribution in [0, 0.1) is 17.6 Å². The monoisotopic (exact) mass is 412 g/mol. The molecule has 5 heteroatoms. The average Bonchev–Trinajstić information content (AvgIpc) is 2.67. The average molecular weight is 412 g/mol. The molecular weight excluding hydrogens is 386 g/mol. The summed E-state index contributed by atoms with van der Waals surface area (Å²) >= 11 is 0. The molecule has 0 heterocycles. The Morgan fingerprint density at radius 1 is 1.07 bits per heavy atom. The molecule has 0 aromatic heterocycles. The number of carbonyl (C=O) groups excluding carboxylic acids is 1. The lowest BCUT2D eigenvalue weighted by atomic mass is 9.71. The highest BCUT2D eigenvalue weighted by molar-refractivity contribution is 6.03. The molecule has 0 bridgehead atoms. The van der Waals surface area contributed by atoms with Crippen molar-refractivity contribution < 1.29 is 23.8 Å². The van der Waals surface area contributed by atoms with Crippen LogP contribution in [0.15, 0.2) is 59.7 Å². The smallest absolute Gasteiger partial charge is 0.174 e. The van der Waals surface area contributed by atoms with Crippen LogP contribution in [0.25, 0.3) is 0 Å². The van der Waals surface area contributed by atoms with Crippen LogP contribution in [-0.2, 0) is 0 Å². The predicted octanol–water partition coefficient (Wildman–Crippen LogP) is 6.43. The number of halogens is 2. The van der Waals surface area contributed by atoms with E-state index >= 15 is 0 Å². The summed E-state index contributed by atoms with van der Waals surface area (Å²) in [4.78, 5) is 13.3. The van der Waals surface area contributed by atoms with Crippen LogP contribution in [-0.4, -0.2) is 16.0 Å². The first kappa shape index (κ1) is 21.8. The summed E-state index contributed by atoms with van der Waals surface area (Å²) in [6.45, 7) is 4.03. The first-order valence-electron chi connectivity index (χ1n) is 10.1. The fraction of sp³-hybridized carbons (Fsp3) is 0.320. The van der Waals surface area contributed by atoms with Gasteiger partial charge in [0, 0.05) is 17.4 Å². The first-order chi connectivity index (χ1) is 14.3. The molecule has 0 saturated carbocycles. The molecule has 3 rings (SSSR count). The Morgan fingerprint density at radius 3 is 2.27 bits per heavy atom. The molecule has 1 aliphatic carbocycles. The second-order valence-electron chi connectivity index (χ2n) is 8.01. The van der Waals surface area contributed by atoms with E-state index in [2.05, 4.69) is 6.08 Å². The molecule has 2 atom stereocenters. The van der Waals surface area contributed by atoms with Crippen molar-refractivity contribution in [1.29, 1.82) is 0 Å². The van der Waals surface area contributed by atoms with Crippen molar-refractivity contribution in [2.75, 3.05) is 0 Å². The Balaban J connectivity index is 2.00. The molecule has 2 aromatic carbocycles. The Labute approximate surface area is 175 Å². The van der Waals surface area contributed by atoms with Gasteiger partial charge in [0.15, 0.2) is 5.78 Å². The zero-order valence-corrected chi connectivity index (χ0v) is 17.2. The molecule has 2 aromatic rings. The van der Waals surface area contributed by atoms with Crippen molar-refractivity contribution in [3.63, 3.8) is 0 Å². The SMILES string of the molecule is CC(C)=CCCC1=CC[C@@H](C(=O)c2c(O)cccc2O)[C@H](c2c(F)cccc2F)C1. The van der Waals surface area contributed by atoms with Gasteiger partial charge in [-0.25, -0.2) is 8.78 Å². The lowest BCUT2D eigenvalue weighted by Crippen LogP contribution is -2.27. The molecule has 0 radical (unpaired) electrons. The highest BCUT2D eigenvalue weighted by atomic mass is 19.1. The lowest BCUT2D eigenvalue weighted by Gasteiger charge is -2.31. The van der Waals surface area contributed by atoms with Crippen molar-refractivity contribution >= 4 is 5.78 Å². The number of ketones is 1. The third-order valence-corrected chi connectivity index (χ3v) is 5.62. The highest BCUT2D eigenvalue weighted by Crippen LogP contribution is 2.44. The molecule has 0 saturated heterocycles. The lowest BCUT2D eigenvalue weighted by molar-refractivity contribution is 0.0887. The Kier molecular flexibility index (Phi) is 6.70. The minimum absolute atomic E-state index is 0.112. The minimum Gasteiger partial charge on any atom is -0.507 e. The number of allylic oxidation sites excluding steroid dienone is 4. The minimum atomic E-state index is -0.789. The van der Waals surface area contributed by atoms with Gasteiger partial charge in [-0.1, -0.05) is 35.4 Å². The summed E-state index contributed by atoms with van der Waals surface area (Å²) < 4.78 is 29.3. The molecule has 0 fully saturated rings. The molecule has 0 unspecified atom stereocenters. The maximum atomic E-state index is 14.6. The predicted molar refractivity (Wildman–Crippen MR) is 113 cm³/mol. The van der Waals surface area contributed by atoms with Gasteiger partial charge in [0.25, 0.3) is 0 Å². The van der Waals surface area contributed by atoms with Crippen LogP contribution >= 0.6 is 0 Å². The van der Waals surface area contributed by atoms with Crippen molar-refractivity contribution in [2.45, 2.75) is 45.4 Å². The molecule has 0 spiro atoms. The Hall–Kier alpha value is -2.95. The van der Waals surface area contributed by atoms with E-state index in [0.717, 1.165) is 18.4 Å². The van der Waals surface area contributed by atoms with Crippen LogP contribution in [0.5, 0.6) is 11.5 Å². The van der Waals surface area contributed by atoms with E-state index < -0.39 is 29.3 Å². The molecule has 30 heavy (non-hydrogen) atoms. The molecular formula is C25H26F2O3. The second kappa shape index (κ2) is 9.24. The summed E-state index contributed by atoms with van der Waals surface area (Å²) in [7, 11) is 0. The van der Waals surface area contributed by atoms with E-state index in [1.807, 2.05) is 19.9 Å². The van der Waals surface area contributed by atoms with Gasteiger partial charge in [0.2, 0.25) is 0 Å². The number of aromatic hydroxyl groups is 2. The van der Waals surface area contributed by atoms with Gasteiger partial charge in [0.1, 0.15) is 28.7 Å². The molecule has 3 nitrogen and oxygen atoms in total. The second-order valence-corrected chi connectivity index (χ2v) is 8.01. The van der Waals surface area contributed by atoms with Gasteiger partial charge < -0.3 is 10.2 Å². The fourth-order valence-corrected chi connectivity index (χ4v) is 4.14. The number of hydrogen-bond donors (Lipinski definition) is 2. The quantitative estimate of drug-likeness (QED) is 0.425. The third kappa shape index (κ3) is 4.61. The van der Waals surface area contributed by atoms with Gasteiger partial charge in [-0.15, -0.1) is 0 Å². The van der Waals surface area contributed by atoms with Crippen LogP contribution in [0.3, 0.4) is 0 Å². The van der Waals surface area contributed by atoms with Crippen molar-refractivity contribution in [2.24, 2.45) is 5.92 Å². The number of phenolic OH excluding ortho intramolecular Hbond substituents is 2. The summed E-state index contributed by atoms with van der Waals surface area (Å²) in [5.74, 6) is -4.09. The zero-order chi connectivity index (χ0) is 21.8. The van der Waals surface area contributed by atoms with E-state index in [1.165, 1.54) is 42.0 Å². The van der Waals surface area contributed by atoms with Crippen LogP contribution in [0.2, 0.25) is 0 Å². The molecule has 158 valence electrons. The van der Waals surface area contributed by atoms with E-state index in [1.54, 1.807) is 0 Å². The number of carbonyl (C=O) groups is 1. The molecule has 2 N–H and O–H groups in total. The van der Waals surface area contributed by atoms with Gasteiger partial charge in [-0.05, 0) is 63.8 Å². The zero-order valence-electron chi connectivity index (χ0n) is 17.2. The van der Waals surface area contributed by atoms with Gasteiger partial charge in [0.05, 0.1) is 0 Å². The molecule has 0 aliphatic heterocycles. The number of rotatable bonds is 6. The standard InChI is InChI=1S/C25H26F2O3/c1-15(2)6-3-7-16-12-13-17(25(30)24-21(28)10-5-11-22(24)29)18(14-16)23-19(26)8-4-9-20(23)27/h4-6,8-12,17-18,28-29H,3,7,13-14H2,1-2H3/t17-,18-/m1/s1. The highest BCUT2D eigenvalue weighted by Gasteiger charge is 2.37. The Morgan fingerprint density at radius 2 is 1.67 bits per heavy atom. The fourth-order valence-electron chi connectivity index (χ4n) is 4.14. The van der Waals surface area contributed by atoms with Crippen LogP contribution in [0.1, 0.15) is 61.4 Å². The van der Waals surface area contributed by atoms with Crippen molar-refractivity contribution in [1.82, 2.24) is 0 Å². The summed E-state index contributed by atoms with van der Waals surface area (Å²) in [5, 5.41) is 20.3. The molecule has 0 amide bonds. The summed E-state index contributed by atoms with van der Waals surface area (Å²) in [6, 6.07) is 7.74. The van der Waals surface area contributed by atoms with Gasteiger partial charge >= 0.3 is 0 Å². The normalized spacial score (nSPS) is 18.6. The van der Waals surface area contributed by atoms with Crippen LogP contribution in [0.4, 0.5) is 8.78 Å². The number of benzene rings is 2. The van der Waals surface area contributed by atoms with E-state index in [0.29, 0.717) is 6.42 Å². The molecule has 1 aliphatic rings. The first-order valence-corrected chi connectivity index (χ1v) is 10.1. The Bertz CT molecular complexity index is 963.